The van der Waals surface area contributed by atoms with Crippen LogP contribution in [0.15, 0.2) is 30.6 Å². The number of hydrogen-bond acceptors (Lipinski definition) is 7. The van der Waals surface area contributed by atoms with Crippen molar-refractivity contribution >= 4 is 34.4 Å². The first-order valence-electron chi connectivity index (χ1n) is 12.4. The quantitative estimate of drug-likeness (QED) is 0.303. The van der Waals surface area contributed by atoms with Gasteiger partial charge in [-0.15, -0.1) is 0 Å². The Morgan fingerprint density at radius 2 is 1.78 bits per heavy atom. The smallest absolute Gasteiger partial charge is 0.312 e. The lowest BCUT2D eigenvalue weighted by molar-refractivity contribution is -0.156. The molecule has 0 saturated heterocycles. The Morgan fingerprint density at radius 1 is 1.11 bits per heavy atom. The second-order valence-corrected chi connectivity index (χ2v) is 11.5. The third-order valence-electron chi connectivity index (χ3n) is 5.75. The summed E-state index contributed by atoms with van der Waals surface area (Å²) in [5.74, 6) is -0.399. The van der Waals surface area contributed by atoms with Gasteiger partial charge in [-0.1, -0.05) is 19.9 Å². The standard InChI is InChI=1S/C28H38N6O3/c1-16(2)17-10-11-20(30-9)18(12-17)22(29)21-13-31-24-23(32-21)19(25(35)33-28(6,7)8)14-34(24)15-37-26(36)27(3,4)5/h10-14,16,29-30H,15H2,1-9H3,(H,33,35). The van der Waals surface area contributed by atoms with Crippen LogP contribution < -0.4 is 10.6 Å². The first-order valence-corrected chi connectivity index (χ1v) is 12.4. The van der Waals surface area contributed by atoms with Crippen molar-refractivity contribution in [2.45, 2.75) is 73.6 Å². The molecule has 9 nitrogen and oxygen atoms in total. The number of ether oxygens (including phenoxy) is 1. The van der Waals surface area contributed by atoms with Crippen LogP contribution in [0, 0.1) is 10.8 Å². The lowest BCUT2D eigenvalue weighted by Gasteiger charge is -2.20. The number of esters is 1. The predicted molar refractivity (Wildman–Crippen MR) is 146 cm³/mol. The molecule has 0 unspecified atom stereocenters. The highest BCUT2D eigenvalue weighted by molar-refractivity contribution is 6.14. The zero-order chi connectivity index (χ0) is 27.7. The first-order chi connectivity index (χ1) is 17.1. The van der Waals surface area contributed by atoms with Crippen LogP contribution in [0.4, 0.5) is 5.69 Å². The molecule has 0 spiro atoms. The number of aromatic nitrogens is 3. The van der Waals surface area contributed by atoms with E-state index in [-0.39, 0.29) is 24.3 Å². The van der Waals surface area contributed by atoms with Gasteiger partial charge in [-0.2, -0.15) is 0 Å². The molecule has 3 rings (SSSR count). The Labute approximate surface area is 218 Å². The molecular formula is C28H38N6O3. The van der Waals surface area contributed by atoms with E-state index in [2.05, 4.69) is 29.5 Å². The third kappa shape index (κ3) is 6.34. The van der Waals surface area contributed by atoms with Crippen molar-refractivity contribution in [2.24, 2.45) is 5.41 Å². The summed E-state index contributed by atoms with van der Waals surface area (Å²) in [4.78, 5) is 34.8. The van der Waals surface area contributed by atoms with E-state index < -0.39 is 11.0 Å². The molecule has 3 N–H and O–H groups in total. The van der Waals surface area contributed by atoms with Crippen LogP contribution in [-0.4, -0.2) is 44.7 Å². The van der Waals surface area contributed by atoms with E-state index in [0.717, 1.165) is 11.3 Å². The topological polar surface area (TPSA) is 122 Å². The van der Waals surface area contributed by atoms with Crippen molar-refractivity contribution < 1.29 is 14.3 Å². The maximum atomic E-state index is 13.2. The molecule has 1 amide bonds. The maximum absolute atomic E-state index is 13.2. The number of nitrogens with zero attached hydrogens (tertiary/aromatic N) is 3. The highest BCUT2D eigenvalue weighted by atomic mass is 16.5. The van der Waals surface area contributed by atoms with E-state index in [1.54, 1.807) is 31.5 Å². The number of nitrogens with one attached hydrogen (secondary N) is 3. The molecule has 0 aliphatic carbocycles. The molecule has 2 heterocycles. The molecule has 0 bridgehead atoms. The minimum absolute atomic E-state index is 0.110. The molecule has 2 aromatic heterocycles. The number of anilines is 1. The number of amides is 1. The van der Waals surface area contributed by atoms with Gasteiger partial charge in [0.05, 0.1) is 22.9 Å². The van der Waals surface area contributed by atoms with Gasteiger partial charge in [0.2, 0.25) is 0 Å². The van der Waals surface area contributed by atoms with Crippen LogP contribution in [-0.2, 0) is 16.3 Å². The zero-order valence-corrected chi connectivity index (χ0v) is 23.2. The minimum atomic E-state index is -0.668. The third-order valence-corrected chi connectivity index (χ3v) is 5.75. The summed E-state index contributed by atoms with van der Waals surface area (Å²) < 4.78 is 7.07. The molecule has 0 fully saturated rings. The molecule has 1 aromatic carbocycles. The molecule has 3 aromatic rings. The summed E-state index contributed by atoms with van der Waals surface area (Å²) in [5, 5.41) is 15.0. The summed E-state index contributed by atoms with van der Waals surface area (Å²) >= 11 is 0. The van der Waals surface area contributed by atoms with Crippen molar-refractivity contribution in [1.82, 2.24) is 19.9 Å². The van der Waals surface area contributed by atoms with Crippen LogP contribution in [0.5, 0.6) is 0 Å². The molecule has 0 saturated carbocycles. The average Bonchev–Trinajstić information content (AvgIpc) is 3.17. The van der Waals surface area contributed by atoms with E-state index in [9.17, 15) is 9.59 Å². The zero-order valence-electron chi connectivity index (χ0n) is 23.2. The maximum Gasteiger partial charge on any atom is 0.312 e. The fourth-order valence-corrected chi connectivity index (χ4v) is 3.67. The Hall–Kier alpha value is -3.75. The van der Waals surface area contributed by atoms with Crippen LogP contribution in [0.3, 0.4) is 0 Å². The van der Waals surface area contributed by atoms with Crippen molar-refractivity contribution in [3.63, 3.8) is 0 Å². The highest BCUT2D eigenvalue weighted by Crippen LogP contribution is 2.26. The van der Waals surface area contributed by atoms with E-state index in [1.807, 2.05) is 46.0 Å². The van der Waals surface area contributed by atoms with Gasteiger partial charge in [-0.05, 0) is 65.2 Å². The van der Waals surface area contributed by atoms with Crippen molar-refractivity contribution in [1.29, 1.82) is 5.41 Å². The SMILES string of the molecule is CNc1ccc(C(C)C)cc1C(=N)c1cnc2c(n1)c(C(=O)NC(C)(C)C)cn2COC(=O)C(C)(C)C. The summed E-state index contributed by atoms with van der Waals surface area (Å²) in [5.41, 5.74) is 3.00. The van der Waals surface area contributed by atoms with Crippen molar-refractivity contribution in [3.8, 4) is 0 Å². The van der Waals surface area contributed by atoms with E-state index >= 15 is 0 Å². The Bertz CT molecular complexity index is 1340. The van der Waals surface area contributed by atoms with Crippen LogP contribution in [0.2, 0.25) is 0 Å². The van der Waals surface area contributed by atoms with Gasteiger partial charge in [-0.3, -0.25) is 19.6 Å². The van der Waals surface area contributed by atoms with Gasteiger partial charge in [0.25, 0.3) is 5.91 Å². The molecule has 0 aliphatic rings. The number of hydrogen-bond donors (Lipinski definition) is 3. The number of rotatable bonds is 7. The summed E-state index contributed by atoms with van der Waals surface area (Å²) in [6, 6.07) is 5.97. The predicted octanol–water partition coefficient (Wildman–Crippen LogP) is 5.09. The van der Waals surface area contributed by atoms with E-state index in [0.29, 0.717) is 33.9 Å². The lowest BCUT2D eigenvalue weighted by atomic mass is 9.96. The Balaban J connectivity index is 2.10. The van der Waals surface area contributed by atoms with Crippen LogP contribution in [0.25, 0.3) is 11.2 Å². The second kappa shape index (κ2) is 10.3. The number of benzene rings is 1. The minimum Gasteiger partial charge on any atom is -0.443 e. The van der Waals surface area contributed by atoms with Gasteiger partial charge < -0.3 is 15.4 Å². The number of carbonyl (C=O) groups excluding carboxylic acids is 2. The summed E-state index contributed by atoms with van der Waals surface area (Å²) in [7, 11) is 1.81. The fraction of sp³-hybridized carbons (Fsp3) is 0.464. The monoisotopic (exact) mass is 506 g/mol. The second-order valence-electron chi connectivity index (χ2n) is 11.5. The van der Waals surface area contributed by atoms with E-state index in [4.69, 9.17) is 15.1 Å². The Morgan fingerprint density at radius 3 is 2.35 bits per heavy atom. The Kier molecular flexibility index (Phi) is 7.76. The van der Waals surface area contributed by atoms with Gasteiger partial charge in [0.15, 0.2) is 12.4 Å². The average molecular weight is 507 g/mol. The summed E-state index contributed by atoms with van der Waals surface area (Å²) in [6.07, 6.45) is 3.10. The highest BCUT2D eigenvalue weighted by Gasteiger charge is 2.26. The molecule has 9 heteroatoms. The van der Waals surface area contributed by atoms with Crippen LogP contribution in [0.1, 0.15) is 88.5 Å². The van der Waals surface area contributed by atoms with Crippen molar-refractivity contribution in [2.75, 3.05) is 12.4 Å². The molecule has 0 aliphatic heterocycles. The van der Waals surface area contributed by atoms with Gasteiger partial charge in [-0.25, -0.2) is 9.97 Å². The number of carbonyl (C=O) groups is 2. The van der Waals surface area contributed by atoms with Crippen molar-refractivity contribution in [3.05, 3.63) is 53.0 Å². The van der Waals surface area contributed by atoms with Gasteiger partial charge >= 0.3 is 5.97 Å². The summed E-state index contributed by atoms with van der Waals surface area (Å²) in [6.45, 7) is 15.1. The lowest BCUT2D eigenvalue weighted by Crippen LogP contribution is -2.40. The van der Waals surface area contributed by atoms with Crippen LogP contribution >= 0.6 is 0 Å². The normalized spacial score (nSPS) is 12.1. The molecular weight excluding hydrogens is 468 g/mol. The molecule has 37 heavy (non-hydrogen) atoms. The molecule has 0 atom stereocenters. The first kappa shape index (κ1) is 27.8. The fourth-order valence-electron chi connectivity index (χ4n) is 3.67. The molecule has 0 radical (unpaired) electrons. The molecule has 198 valence electrons. The number of fused-ring (bicyclic) bond motifs is 1. The van der Waals surface area contributed by atoms with Gasteiger partial charge in [0.1, 0.15) is 11.2 Å². The van der Waals surface area contributed by atoms with E-state index in [1.165, 1.54) is 6.20 Å². The largest absolute Gasteiger partial charge is 0.443 e. The van der Waals surface area contributed by atoms with Gasteiger partial charge in [0, 0.05) is 30.0 Å².